The minimum atomic E-state index is -1.31. The van der Waals surface area contributed by atoms with Gasteiger partial charge in [0.05, 0.1) is 12.1 Å². The van der Waals surface area contributed by atoms with E-state index in [1.165, 1.54) is 13.8 Å². The molecule has 0 radical (unpaired) electrons. The van der Waals surface area contributed by atoms with Crippen LogP contribution in [0.4, 0.5) is 0 Å². The van der Waals surface area contributed by atoms with Crippen molar-refractivity contribution in [1.29, 1.82) is 0 Å². The Balaban J connectivity index is 5.24. The van der Waals surface area contributed by atoms with E-state index in [0.717, 1.165) is 0 Å². The molecule has 0 aromatic rings. The number of aliphatic carboxylic acids is 1. The number of amides is 3. The summed E-state index contributed by atoms with van der Waals surface area (Å²) in [5.41, 5.74) is 5.86. The number of carboxylic acids is 1. The molecule has 0 aromatic carbocycles. The van der Waals surface area contributed by atoms with Crippen LogP contribution in [-0.2, 0) is 19.2 Å². The van der Waals surface area contributed by atoms with E-state index in [0.29, 0.717) is 6.42 Å². The summed E-state index contributed by atoms with van der Waals surface area (Å²) in [6, 6.07) is -4.34. The molecule has 162 valence electrons. The summed E-state index contributed by atoms with van der Waals surface area (Å²) < 4.78 is 0. The third-order valence-corrected chi connectivity index (χ3v) is 4.60. The van der Waals surface area contributed by atoms with E-state index in [9.17, 15) is 24.3 Å². The smallest absolute Gasteiger partial charge is 0.325 e. The Kier molecular flexibility index (Phi) is 10.7. The Morgan fingerprint density at radius 2 is 1.32 bits per heavy atom. The summed E-state index contributed by atoms with van der Waals surface area (Å²) in [6.45, 7) is 9.64. The molecule has 28 heavy (non-hydrogen) atoms. The van der Waals surface area contributed by atoms with E-state index in [-0.39, 0.29) is 11.8 Å². The molecular weight excluding hydrogens is 368 g/mol. The van der Waals surface area contributed by atoms with Crippen molar-refractivity contribution in [3.8, 4) is 0 Å². The van der Waals surface area contributed by atoms with Crippen LogP contribution < -0.4 is 21.7 Å². The molecule has 6 unspecified atom stereocenters. The second-order valence-electron chi connectivity index (χ2n) is 7.44. The first-order chi connectivity index (χ1) is 12.8. The maximum Gasteiger partial charge on any atom is 0.325 e. The van der Waals surface area contributed by atoms with Crippen LogP contribution in [0.25, 0.3) is 0 Å². The molecule has 0 spiro atoms. The molecular formula is C18H34N4O6. The fraction of sp³-hybridized carbons (Fsp3) is 0.778. The van der Waals surface area contributed by atoms with E-state index >= 15 is 0 Å². The zero-order valence-corrected chi connectivity index (χ0v) is 17.4. The highest BCUT2D eigenvalue weighted by Gasteiger charge is 2.33. The SMILES string of the molecule is CCC(C)C(N)C(=O)NC(C(=O)NC(C(=O)NC(C)C(=O)O)C(C)C)C(C)O. The average Bonchev–Trinajstić information content (AvgIpc) is 2.61. The molecule has 10 heteroatoms. The predicted molar refractivity (Wildman–Crippen MR) is 103 cm³/mol. The Hall–Kier alpha value is -2.20. The maximum absolute atomic E-state index is 12.6. The summed E-state index contributed by atoms with van der Waals surface area (Å²) in [7, 11) is 0. The van der Waals surface area contributed by atoms with Gasteiger partial charge in [-0.25, -0.2) is 0 Å². The number of carbonyl (C=O) groups excluding carboxylic acids is 3. The summed E-state index contributed by atoms with van der Waals surface area (Å²) in [5, 5.41) is 26.0. The molecule has 0 bridgehead atoms. The third-order valence-electron chi connectivity index (χ3n) is 4.60. The van der Waals surface area contributed by atoms with Gasteiger partial charge in [-0.2, -0.15) is 0 Å². The number of nitrogens with two attached hydrogens (primary N) is 1. The van der Waals surface area contributed by atoms with Crippen molar-refractivity contribution < 1.29 is 29.4 Å². The molecule has 0 heterocycles. The second-order valence-corrected chi connectivity index (χ2v) is 7.44. The Morgan fingerprint density at radius 3 is 1.71 bits per heavy atom. The fourth-order valence-corrected chi connectivity index (χ4v) is 2.31. The quantitative estimate of drug-likeness (QED) is 0.256. The van der Waals surface area contributed by atoms with Gasteiger partial charge in [0.15, 0.2) is 0 Å². The molecule has 0 aliphatic carbocycles. The van der Waals surface area contributed by atoms with Gasteiger partial charge in [0.1, 0.15) is 18.1 Å². The number of carbonyl (C=O) groups is 4. The average molecular weight is 402 g/mol. The molecule has 0 aliphatic rings. The van der Waals surface area contributed by atoms with Crippen molar-refractivity contribution >= 4 is 23.7 Å². The molecule has 10 nitrogen and oxygen atoms in total. The molecule has 0 aromatic heterocycles. The highest BCUT2D eigenvalue weighted by molar-refractivity contribution is 5.94. The van der Waals surface area contributed by atoms with Crippen molar-refractivity contribution in [3.05, 3.63) is 0 Å². The van der Waals surface area contributed by atoms with Gasteiger partial charge in [-0.15, -0.1) is 0 Å². The minimum absolute atomic E-state index is 0.121. The number of rotatable bonds is 11. The summed E-state index contributed by atoms with van der Waals surface area (Å²) in [4.78, 5) is 48.1. The van der Waals surface area contributed by atoms with Gasteiger partial charge in [-0.1, -0.05) is 34.1 Å². The Bertz CT molecular complexity index is 566. The predicted octanol–water partition coefficient (Wildman–Crippen LogP) is -1.04. The van der Waals surface area contributed by atoms with E-state index in [2.05, 4.69) is 16.0 Å². The molecule has 0 fully saturated rings. The summed E-state index contributed by atoms with van der Waals surface area (Å²) in [5.74, 6) is -3.72. The Morgan fingerprint density at radius 1 is 0.857 bits per heavy atom. The van der Waals surface area contributed by atoms with Crippen LogP contribution in [0.3, 0.4) is 0 Å². The lowest BCUT2D eigenvalue weighted by Crippen LogP contribution is -2.61. The van der Waals surface area contributed by atoms with Crippen molar-refractivity contribution in [2.75, 3.05) is 0 Å². The zero-order valence-electron chi connectivity index (χ0n) is 17.4. The normalized spacial score (nSPS) is 17.6. The molecule has 6 atom stereocenters. The highest BCUT2D eigenvalue weighted by Crippen LogP contribution is 2.08. The monoisotopic (exact) mass is 402 g/mol. The molecule has 0 aliphatic heterocycles. The lowest BCUT2D eigenvalue weighted by atomic mass is 9.98. The van der Waals surface area contributed by atoms with Crippen molar-refractivity contribution in [2.45, 2.75) is 78.2 Å². The summed E-state index contributed by atoms with van der Waals surface area (Å²) in [6.07, 6.45) is -0.570. The maximum atomic E-state index is 12.6. The van der Waals surface area contributed by atoms with Crippen LogP contribution in [0.1, 0.15) is 48.0 Å². The van der Waals surface area contributed by atoms with E-state index in [1.54, 1.807) is 20.8 Å². The van der Waals surface area contributed by atoms with Gasteiger partial charge in [0.25, 0.3) is 0 Å². The lowest BCUT2D eigenvalue weighted by molar-refractivity contribution is -0.142. The molecule has 0 saturated carbocycles. The van der Waals surface area contributed by atoms with Crippen molar-refractivity contribution in [1.82, 2.24) is 16.0 Å². The first kappa shape index (κ1) is 25.8. The number of hydrogen-bond acceptors (Lipinski definition) is 6. The van der Waals surface area contributed by atoms with E-state index in [1.807, 2.05) is 6.92 Å². The molecule has 7 N–H and O–H groups in total. The number of aliphatic hydroxyl groups excluding tert-OH is 1. The van der Waals surface area contributed by atoms with E-state index < -0.39 is 54.0 Å². The zero-order chi connectivity index (χ0) is 22.2. The number of aliphatic hydroxyl groups is 1. The largest absolute Gasteiger partial charge is 0.480 e. The molecule has 0 rings (SSSR count). The van der Waals surface area contributed by atoms with Gasteiger partial charge < -0.3 is 31.9 Å². The first-order valence-corrected chi connectivity index (χ1v) is 9.40. The van der Waals surface area contributed by atoms with Crippen LogP contribution >= 0.6 is 0 Å². The van der Waals surface area contributed by atoms with Crippen LogP contribution in [0.5, 0.6) is 0 Å². The van der Waals surface area contributed by atoms with Crippen molar-refractivity contribution in [2.24, 2.45) is 17.6 Å². The van der Waals surface area contributed by atoms with Crippen LogP contribution in [-0.4, -0.2) is 64.2 Å². The van der Waals surface area contributed by atoms with Gasteiger partial charge in [-0.05, 0) is 25.7 Å². The number of carboxylic acid groups (broad SMARTS) is 1. The van der Waals surface area contributed by atoms with E-state index in [4.69, 9.17) is 10.8 Å². The molecule has 3 amide bonds. The second kappa shape index (κ2) is 11.6. The topological polar surface area (TPSA) is 171 Å². The van der Waals surface area contributed by atoms with Gasteiger partial charge in [-0.3, -0.25) is 19.2 Å². The minimum Gasteiger partial charge on any atom is -0.480 e. The van der Waals surface area contributed by atoms with Crippen LogP contribution in [0, 0.1) is 11.8 Å². The van der Waals surface area contributed by atoms with Crippen molar-refractivity contribution in [3.63, 3.8) is 0 Å². The lowest BCUT2D eigenvalue weighted by Gasteiger charge is -2.28. The summed E-state index contributed by atoms with van der Waals surface area (Å²) >= 11 is 0. The van der Waals surface area contributed by atoms with Gasteiger partial charge in [0, 0.05) is 0 Å². The van der Waals surface area contributed by atoms with Crippen LogP contribution in [0.15, 0.2) is 0 Å². The molecule has 0 saturated heterocycles. The van der Waals surface area contributed by atoms with Gasteiger partial charge >= 0.3 is 5.97 Å². The standard InChI is InChI=1S/C18H34N4O6/c1-7-9(4)12(19)15(24)22-14(11(6)23)17(26)21-13(8(2)3)16(25)20-10(5)18(27)28/h8-14,23H,7,19H2,1-6H3,(H,20,25)(H,21,26)(H,22,24)(H,27,28). The van der Waals surface area contributed by atoms with Crippen LogP contribution in [0.2, 0.25) is 0 Å². The Labute approximate surface area is 165 Å². The number of hydrogen-bond donors (Lipinski definition) is 6. The highest BCUT2D eigenvalue weighted by atomic mass is 16.4. The fourth-order valence-electron chi connectivity index (χ4n) is 2.31. The number of nitrogens with one attached hydrogen (secondary N) is 3. The van der Waals surface area contributed by atoms with Gasteiger partial charge in [0.2, 0.25) is 17.7 Å². The first-order valence-electron chi connectivity index (χ1n) is 9.40. The third kappa shape index (κ3) is 7.81.